The van der Waals surface area contributed by atoms with Crippen LogP contribution in [0.5, 0.6) is 0 Å². The van der Waals surface area contributed by atoms with Crippen LogP contribution >= 0.6 is 0 Å². The number of esters is 1. The van der Waals surface area contributed by atoms with Gasteiger partial charge in [0.2, 0.25) is 5.91 Å². The fourth-order valence-electron chi connectivity index (χ4n) is 14.0. The summed E-state index contributed by atoms with van der Waals surface area (Å²) < 4.78 is 5.49. The minimum Gasteiger partial charge on any atom is -0.466 e. The summed E-state index contributed by atoms with van der Waals surface area (Å²) in [7, 11) is 0. The molecule has 0 aliphatic heterocycles. The molecule has 0 saturated carbocycles. The minimum atomic E-state index is -0.661. The van der Waals surface area contributed by atoms with Crippen LogP contribution in [0.1, 0.15) is 495 Å². The summed E-state index contributed by atoms with van der Waals surface area (Å²) in [5, 5.41) is 23.5. The Hall–Kier alpha value is -1.66. The van der Waals surface area contributed by atoms with Gasteiger partial charge in [-0.05, 0) is 51.4 Å². The van der Waals surface area contributed by atoms with Gasteiger partial charge in [0.05, 0.1) is 25.4 Å². The predicted molar refractivity (Wildman–Crippen MR) is 412 cm³/mol. The van der Waals surface area contributed by atoms with Crippen LogP contribution in [0.15, 0.2) is 24.3 Å². The first kappa shape index (κ1) is 91.3. The van der Waals surface area contributed by atoms with Gasteiger partial charge in [0, 0.05) is 12.8 Å². The van der Waals surface area contributed by atoms with Gasteiger partial charge in [-0.25, -0.2) is 0 Å². The van der Waals surface area contributed by atoms with Crippen LogP contribution in [-0.4, -0.2) is 47.4 Å². The van der Waals surface area contributed by atoms with Crippen molar-refractivity contribution < 1.29 is 24.5 Å². The predicted octanol–water partition coefficient (Wildman–Crippen LogP) is 28.8. The van der Waals surface area contributed by atoms with E-state index in [1.165, 1.54) is 411 Å². The normalized spacial score (nSPS) is 12.5. The van der Waals surface area contributed by atoms with Gasteiger partial charge < -0.3 is 20.3 Å². The van der Waals surface area contributed by atoms with Gasteiger partial charge in [-0.15, -0.1) is 0 Å². The lowest BCUT2D eigenvalue weighted by atomic mass is 10.0. The zero-order valence-electron chi connectivity index (χ0n) is 63.5. The van der Waals surface area contributed by atoms with Crippen LogP contribution in [0, 0.1) is 0 Å². The first-order valence-corrected chi connectivity index (χ1v) is 43.1. The number of hydrogen-bond donors (Lipinski definition) is 3. The number of allylic oxidation sites excluding steroid dienone is 4. The van der Waals surface area contributed by atoms with Gasteiger partial charge in [0.1, 0.15) is 0 Å². The maximum atomic E-state index is 12.6. The number of aliphatic hydroxyl groups excluding tert-OH is 2. The van der Waals surface area contributed by atoms with Crippen LogP contribution in [0.25, 0.3) is 0 Å². The molecule has 2 atom stereocenters. The number of nitrogens with one attached hydrogen (secondary N) is 1. The first-order valence-electron chi connectivity index (χ1n) is 43.1. The molecule has 93 heavy (non-hydrogen) atoms. The number of carbonyl (C=O) groups excluding carboxylic acids is 2. The summed E-state index contributed by atoms with van der Waals surface area (Å²) in [5.74, 6) is -0.0129. The van der Waals surface area contributed by atoms with E-state index in [9.17, 15) is 19.8 Å². The molecule has 0 rings (SSSR count). The zero-order chi connectivity index (χ0) is 67.0. The molecule has 552 valence electrons. The fraction of sp³-hybridized carbons (Fsp3) is 0.931. The van der Waals surface area contributed by atoms with Crippen molar-refractivity contribution in [2.24, 2.45) is 0 Å². The highest BCUT2D eigenvalue weighted by Gasteiger charge is 2.20. The first-order chi connectivity index (χ1) is 46.0. The van der Waals surface area contributed by atoms with E-state index in [4.69, 9.17) is 4.74 Å². The van der Waals surface area contributed by atoms with Crippen LogP contribution in [0.2, 0.25) is 0 Å². The molecular weight excluding hydrogens is 1140 g/mol. The molecule has 0 aromatic rings. The molecule has 0 saturated heterocycles. The molecule has 3 N–H and O–H groups in total. The molecule has 0 aromatic heterocycles. The SMILES string of the molecule is CCC/C=C\C/C=C\CCCCCCCC(=O)OCCCCCCCCCCCCCCCCCCCCCCCCCCCCCCCCCCCCCCCCCC(=O)NC(CO)C(O)CCCCCCCCCCCCCCCCCCCCCCCCCC. The molecule has 0 aliphatic carbocycles. The number of unbranched alkanes of at least 4 members (excludes halogenated alkanes) is 67. The highest BCUT2D eigenvalue weighted by Crippen LogP contribution is 2.21. The number of hydrogen-bond acceptors (Lipinski definition) is 5. The standard InChI is InChI=1S/C87H169NO5/c1-3-5-7-9-11-13-15-17-18-19-20-21-22-40-43-46-49-52-56-59-63-67-71-75-79-85(90)84(83-89)88-86(91)80-76-72-68-64-60-57-53-50-47-44-41-38-36-34-32-30-28-26-24-23-25-27-29-31-33-35-37-39-42-45-48-51-54-58-62-66-70-74-78-82-93-87(92)81-77-73-69-65-61-55-16-14-12-10-8-6-4-2/h8,10,14,16,84-85,89-90H,3-7,9,11-13,15,17-83H2,1-2H3,(H,88,91)/b10-8-,16-14-. The summed E-state index contributed by atoms with van der Waals surface area (Å²) >= 11 is 0. The van der Waals surface area contributed by atoms with Gasteiger partial charge in [-0.3, -0.25) is 9.59 Å². The maximum Gasteiger partial charge on any atom is 0.305 e. The molecule has 0 radical (unpaired) electrons. The Balaban J connectivity index is 3.30. The molecule has 1 amide bonds. The molecule has 6 nitrogen and oxygen atoms in total. The average molecular weight is 1310 g/mol. The van der Waals surface area contributed by atoms with E-state index in [2.05, 4.69) is 43.5 Å². The van der Waals surface area contributed by atoms with Crippen molar-refractivity contribution >= 4 is 11.9 Å². The van der Waals surface area contributed by atoms with E-state index in [0.717, 1.165) is 51.4 Å². The Bertz CT molecular complexity index is 1460. The van der Waals surface area contributed by atoms with E-state index in [1.54, 1.807) is 0 Å². The molecular formula is C87H169NO5. The fourth-order valence-corrected chi connectivity index (χ4v) is 14.0. The van der Waals surface area contributed by atoms with Crippen molar-refractivity contribution in [1.82, 2.24) is 5.32 Å². The van der Waals surface area contributed by atoms with Gasteiger partial charge >= 0.3 is 5.97 Å². The van der Waals surface area contributed by atoms with Crippen molar-refractivity contribution in [3.63, 3.8) is 0 Å². The van der Waals surface area contributed by atoms with E-state index in [1.807, 2.05) is 0 Å². The number of amides is 1. The van der Waals surface area contributed by atoms with Crippen LogP contribution in [0.3, 0.4) is 0 Å². The largest absolute Gasteiger partial charge is 0.466 e. The van der Waals surface area contributed by atoms with Gasteiger partial charge in [0.25, 0.3) is 0 Å². The highest BCUT2D eigenvalue weighted by atomic mass is 16.5. The van der Waals surface area contributed by atoms with Gasteiger partial charge in [-0.2, -0.15) is 0 Å². The van der Waals surface area contributed by atoms with E-state index < -0.39 is 12.1 Å². The third-order valence-electron chi connectivity index (χ3n) is 20.5. The Morgan fingerprint density at radius 1 is 0.301 bits per heavy atom. The third-order valence-corrected chi connectivity index (χ3v) is 20.5. The van der Waals surface area contributed by atoms with Crippen LogP contribution in [-0.2, 0) is 14.3 Å². The number of ether oxygens (including phenoxy) is 1. The molecule has 6 heteroatoms. The molecule has 2 unspecified atom stereocenters. The molecule has 0 bridgehead atoms. The molecule has 0 aliphatic rings. The second-order valence-electron chi connectivity index (χ2n) is 29.9. The molecule has 0 spiro atoms. The van der Waals surface area contributed by atoms with E-state index in [0.29, 0.717) is 25.9 Å². The van der Waals surface area contributed by atoms with Crippen molar-refractivity contribution in [2.75, 3.05) is 13.2 Å². The Morgan fingerprint density at radius 3 is 0.860 bits per heavy atom. The highest BCUT2D eigenvalue weighted by molar-refractivity contribution is 5.76. The van der Waals surface area contributed by atoms with Gasteiger partial charge in [-0.1, -0.05) is 456 Å². The Labute approximate surface area is 583 Å². The summed E-state index contributed by atoms with van der Waals surface area (Å²) in [6.07, 6.45) is 107. The third kappa shape index (κ3) is 79.2. The van der Waals surface area contributed by atoms with Crippen LogP contribution < -0.4 is 5.32 Å². The van der Waals surface area contributed by atoms with Gasteiger partial charge in [0.15, 0.2) is 0 Å². The second kappa shape index (κ2) is 82.8. The van der Waals surface area contributed by atoms with E-state index in [-0.39, 0.29) is 18.5 Å². The van der Waals surface area contributed by atoms with Crippen molar-refractivity contribution in [3.8, 4) is 0 Å². The number of carbonyl (C=O) groups is 2. The molecule has 0 heterocycles. The Morgan fingerprint density at radius 2 is 0.559 bits per heavy atom. The minimum absolute atomic E-state index is 0.00955. The average Bonchev–Trinajstić information content (AvgIpc) is 3.78. The zero-order valence-corrected chi connectivity index (χ0v) is 63.5. The topological polar surface area (TPSA) is 95.9 Å². The lowest BCUT2D eigenvalue weighted by Crippen LogP contribution is -2.45. The Kier molecular flexibility index (Phi) is 81.3. The number of aliphatic hydroxyl groups is 2. The molecule has 0 fully saturated rings. The lowest BCUT2D eigenvalue weighted by Gasteiger charge is -2.22. The quantitative estimate of drug-likeness (QED) is 0.0320. The summed E-state index contributed by atoms with van der Waals surface area (Å²) in [4.78, 5) is 24.6. The van der Waals surface area contributed by atoms with Crippen molar-refractivity contribution in [1.29, 1.82) is 0 Å². The lowest BCUT2D eigenvalue weighted by molar-refractivity contribution is -0.143. The summed E-state index contributed by atoms with van der Waals surface area (Å²) in [6, 6.07) is -0.538. The summed E-state index contributed by atoms with van der Waals surface area (Å²) in [6.45, 7) is 4.94. The van der Waals surface area contributed by atoms with Crippen molar-refractivity contribution in [2.45, 2.75) is 508 Å². The maximum absolute atomic E-state index is 12.6. The second-order valence-corrected chi connectivity index (χ2v) is 29.9. The smallest absolute Gasteiger partial charge is 0.305 e. The molecule has 0 aromatic carbocycles. The van der Waals surface area contributed by atoms with E-state index >= 15 is 0 Å². The van der Waals surface area contributed by atoms with Crippen LogP contribution in [0.4, 0.5) is 0 Å². The monoisotopic (exact) mass is 1310 g/mol. The summed E-state index contributed by atoms with van der Waals surface area (Å²) in [5.41, 5.74) is 0. The number of rotatable bonds is 82. The van der Waals surface area contributed by atoms with Crippen molar-refractivity contribution in [3.05, 3.63) is 24.3 Å².